The van der Waals surface area contributed by atoms with Crippen molar-refractivity contribution in [1.82, 2.24) is 20.4 Å². The van der Waals surface area contributed by atoms with Gasteiger partial charge in [-0.25, -0.2) is 0 Å². The molecule has 6 nitrogen and oxygen atoms in total. The smallest absolute Gasteiger partial charge is 0.193 e. The molecule has 0 amide bonds. The van der Waals surface area contributed by atoms with Crippen LogP contribution in [0.2, 0.25) is 5.02 Å². The zero-order chi connectivity index (χ0) is 15.8. The molecule has 22 heavy (non-hydrogen) atoms. The maximum absolute atomic E-state index is 5.84. The van der Waals surface area contributed by atoms with Gasteiger partial charge in [-0.3, -0.25) is 10.1 Å². The fourth-order valence-corrected chi connectivity index (χ4v) is 2.01. The lowest BCUT2D eigenvalue weighted by atomic mass is 10.3. The Morgan fingerprint density at radius 1 is 1.36 bits per heavy atom. The highest BCUT2D eigenvalue weighted by atomic mass is 35.5. The topological polar surface area (TPSA) is 65.5 Å². The van der Waals surface area contributed by atoms with Gasteiger partial charge < -0.3 is 15.0 Å². The van der Waals surface area contributed by atoms with Crippen LogP contribution >= 0.6 is 11.6 Å². The van der Waals surface area contributed by atoms with Crippen molar-refractivity contribution < 1.29 is 4.74 Å². The summed E-state index contributed by atoms with van der Waals surface area (Å²) in [4.78, 5) is 6.26. The van der Waals surface area contributed by atoms with Crippen molar-refractivity contribution in [1.29, 1.82) is 0 Å². The van der Waals surface area contributed by atoms with Crippen LogP contribution in [0.15, 0.2) is 41.5 Å². The second-order valence-electron chi connectivity index (χ2n) is 4.71. The van der Waals surface area contributed by atoms with Gasteiger partial charge in [0.05, 0.1) is 18.8 Å². The molecule has 1 aromatic heterocycles. The summed E-state index contributed by atoms with van der Waals surface area (Å²) in [5.41, 5.74) is 1.01. The summed E-state index contributed by atoms with van der Waals surface area (Å²) in [6.07, 6.45) is 1.73. The molecule has 0 fully saturated rings. The van der Waals surface area contributed by atoms with E-state index in [4.69, 9.17) is 16.3 Å². The number of hydrogen-bond donors (Lipinski definition) is 2. The number of H-pyrrole nitrogens is 1. The number of aliphatic imine (C=N–C) groups is 1. The van der Waals surface area contributed by atoms with Gasteiger partial charge in [0.25, 0.3) is 0 Å². The number of aromatic nitrogens is 2. The van der Waals surface area contributed by atoms with E-state index in [9.17, 15) is 0 Å². The Balaban J connectivity index is 1.74. The van der Waals surface area contributed by atoms with Gasteiger partial charge in [-0.1, -0.05) is 11.6 Å². The molecule has 0 aliphatic rings. The highest BCUT2D eigenvalue weighted by Crippen LogP contribution is 2.15. The van der Waals surface area contributed by atoms with Crippen LogP contribution in [0.25, 0.3) is 0 Å². The first-order valence-electron chi connectivity index (χ1n) is 6.97. The number of aromatic amines is 1. The molecule has 0 spiro atoms. The van der Waals surface area contributed by atoms with E-state index in [1.165, 1.54) is 0 Å². The normalized spacial score (nSPS) is 11.3. The maximum Gasteiger partial charge on any atom is 0.193 e. The van der Waals surface area contributed by atoms with Gasteiger partial charge in [0, 0.05) is 25.3 Å². The molecule has 0 saturated carbocycles. The van der Waals surface area contributed by atoms with Crippen LogP contribution < -0.4 is 10.1 Å². The van der Waals surface area contributed by atoms with E-state index in [1.54, 1.807) is 13.2 Å². The van der Waals surface area contributed by atoms with Crippen molar-refractivity contribution >= 4 is 17.6 Å². The van der Waals surface area contributed by atoms with Crippen LogP contribution in [-0.4, -0.2) is 48.3 Å². The third kappa shape index (κ3) is 4.96. The Morgan fingerprint density at radius 2 is 2.14 bits per heavy atom. The number of benzene rings is 1. The van der Waals surface area contributed by atoms with Gasteiger partial charge in [0.15, 0.2) is 5.96 Å². The number of rotatable bonds is 6. The molecule has 0 bridgehead atoms. The van der Waals surface area contributed by atoms with Crippen molar-refractivity contribution in [3.8, 4) is 5.75 Å². The second-order valence-corrected chi connectivity index (χ2v) is 5.14. The largest absolute Gasteiger partial charge is 0.492 e. The Kier molecular flexibility index (Phi) is 6.09. The fourth-order valence-electron chi connectivity index (χ4n) is 1.88. The molecule has 2 aromatic rings. The number of halogens is 1. The first-order valence-corrected chi connectivity index (χ1v) is 7.35. The number of likely N-dealkylation sites (N-methyl/N-ethyl adjacent to an activating group) is 1. The van der Waals surface area contributed by atoms with Crippen molar-refractivity contribution in [2.24, 2.45) is 4.99 Å². The minimum Gasteiger partial charge on any atom is -0.492 e. The van der Waals surface area contributed by atoms with E-state index in [2.05, 4.69) is 20.5 Å². The summed E-state index contributed by atoms with van der Waals surface area (Å²) >= 11 is 5.84. The van der Waals surface area contributed by atoms with Gasteiger partial charge in [-0.05, 0) is 30.3 Å². The first kappa shape index (κ1) is 16.2. The van der Waals surface area contributed by atoms with Crippen LogP contribution in [0.4, 0.5) is 0 Å². The molecule has 0 aliphatic heterocycles. The van der Waals surface area contributed by atoms with Crippen LogP contribution in [0.1, 0.15) is 5.69 Å². The minimum atomic E-state index is 0.558. The highest BCUT2D eigenvalue weighted by molar-refractivity contribution is 6.30. The molecule has 1 heterocycles. The van der Waals surface area contributed by atoms with Crippen LogP contribution in [0.3, 0.4) is 0 Å². The SMILES string of the molecule is CN=C(NCc1ccn[nH]1)N(C)CCOc1ccc(Cl)cc1. The first-order chi connectivity index (χ1) is 10.7. The van der Waals surface area contributed by atoms with E-state index >= 15 is 0 Å². The molecule has 0 saturated heterocycles. The Labute approximate surface area is 135 Å². The van der Waals surface area contributed by atoms with Crippen LogP contribution in [-0.2, 0) is 6.54 Å². The summed E-state index contributed by atoms with van der Waals surface area (Å²) in [5, 5.41) is 10.8. The number of ether oxygens (including phenoxy) is 1. The summed E-state index contributed by atoms with van der Waals surface area (Å²) in [6, 6.07) is 9.25. The predicted octanol–water partition coefficient (Wildman–Crippen LogP) is 2.15. The van der Waals surface area contributed by atoms with E-state index < -0.39 is 0 Å². The lowest BCUT2D eigenvalue weighted by Crippen LogP contribution is -2.40. The summed E-state index contributed by atoms with van der Waals surface area (Å²) in [6.45, 7) is 1.92. The average Bonchev–Trinajstić information content (AvgIpc) is 3.03. The second kappa shape index (κ2) is 8.29. The van der Waals surface area contributed by atoms with Gasteiger partial charge in [0.2, 0.25) is 0 Å². The molecule has 0 aliphatic carbocycles. The minimum absolute atomic E-state index is 0.558. The highest BCUT2D eigenvalue weighted by Gasteiger charge is 2.06. The van der Waals surface area contributed by atoms with E-state index in [0.717, 1.165) is 17.4 Å². The number of nitrogens with zero attached hydrogens (tertiary/aromatic N) is 3. The van der Waals surface area contributed by atoms with Gasteiger partial charge in [0.1, 0.15) is 12.4 Å². The Bertz CT molecular complexity index is 582. The Hall–Kier alpha value is -2.21. The lowest BCUT2D eigenvalue weighted by Gasteiger charge is -2.21. The fraction of sp³-hybridized carbons (Fsp3) is 0.333. The summed E-state index contributed by atoms with van der Waals surface area (Å²) < 4.78 is 5.68. The summed E-state index contributed by atoms with van der Waals surface area (Å²) in [5.74, 6) is 1.60. The number of hydrogen-bond acceptors (Lipinski definition) is 3. The molecule has 7 heteroatoms. The average molecular weight is 322 g/mol. The number of guanidine groups is 1. The van der Waals surface area contributed by atoms with E-state index in [0.29, 0.717) is 24.7 Å². The number of nitrogens with one attached hydrogen (secondary N) is 2. The zero-order valence-corrected chi connectivity index (χ0v) is 13.5. The van der Waals surface area contributed by atoms with Crippen LogP contribution in [0.5, 0.6) is 5.75 Å². The predicted molar refractivity (Wildman–Crippen MR) is 88.4 cm³/mol. The molecular weight excluding hydrogens is 302 g/mol. The molecule has 2 rings (SSSR count). The molecule has 0 atom stereocenters. The zero-order valence-electron chi connectivity index (χ0n) is 12.7. The monoisotopic (exact) mass is 321 g/mol. The summed E-state index contributed by atoms with van der Waals surface area (Å²) in [7, 11) is 3.72. The van der Waals surface area contributed by atoms with Gasteiger partial charge in [-0.15, -0.1) is 0 Å². The van der Waals surface area contributed by atoms with E-state index in [-0.39, 0.29) is 0 Å². The lowest BCUT2D eigenvalue weighted by molar-refractivity contribution is 0.281. The Morgan fingerprint density at radius 3 is 2.77 bits per heavy atom. The standard InChI is InChI=1S/C15H20ClN5O/c1-17-15(18-11-13-7-8-19-20-13)21(2)9-10-22-14-5-3-12(16)4-6-14/h3-8H,9-11H2,1-2H3,(H,17,18)(H,19,20). The van der Waals surface area contributed by atoms with Gasteiger partial charge in [-0.2, -0.15) is 5.10 Å². The van der Waals surface area contributed by atoms with Gasteiger partial charge >= 0.3 is 0 Å². The van der Waals surface area contributed by atoms with Crippen molar-refractivity contribution in [2.75, 3.05) is 27.2 Å². The maximum atomic E-state index is 5.84. The molecule has 1 aromatic carbocycles. The quantitative estimate of drug-likeness (QED) is 0.632. The van der Waals surface area contributed by atoms with Crippen molar-refractivity contribution in [2.45, 2.75) is 6.54 Å². The molecule has 2 N–H and O–H groups in total. The third-order valence-corrected chi connectivity index (χ3v) is 3.33. The van der Waals surface area contributed by atoms with Crippen molar-refractivity contribution in [3.05, 3.63) is 47.2 Å². The van der Waals surface area contributed by atoms with Crippen LogP contribution in [0, 0.1) is 0 Å². The third-order valence-electron chi connectivity index (χ3n) is 3.08. The van der Waals surface area contributed by atoms with E-state index in [1.807, 2.05) is 42.3 Å². The molecule has 118 valence electrons. The van der Waals surface area contributed by atoms with Crippen molar-refractivity contribution in [3.63, 3.8) is 0 Å². The molecule has 0 unspecified atom stereocenters. The molecular formula is C15H20ClN5O. The molecule has 0 radical (unpaired) electrons.